The largest absolute Gasteiger partial charge is 0.343 e. The van der Waals surface area contributed by atoms with Crippen molar-refractivity contribution in [2.24, 2.45) is 0 Å². The summed E-state index contributed by atoms with van der Waals surface area (Å²) in [6, 6.07) is 10.1. The van der Waals surface area contributed by atoms with Crippen molar-refractivity contribution in [1.29, 1.82) is 0 Å². The zero-order valence-corrected chi connectivity index (χ0v) is 13.6. The van der Waals surface area contributed by atoms with Gasteiger partial charge < -0.3 is 4.90 Å². The lowest BCUT2D eigenvalue weighted by Crippen LogP contribution is -2.32. The Hall–Kier alpha value is -2.14. The van der Waals surface area contributed by atoms with Gasteiger partial charge in [-0.15, -0.1) is 11.3 Å². The highest BCUT2D eigenvalue weighted by atomic mass is 32.1. The molecule has 1 aromatic carbocycles. The van der Waals surface area contributed by atoms with Gasteiger partial charge in [-0.3, -0.25) is 9.20 Å². The van der Waals surface area contributed by atoms with Crippen LogP contribution in [0, 0.1) is 0 Å². The second-order valence-corrected chi connectivity index (χ2v) is 5.95. The molecule has 0 aliphatic rings. The predicted octanol–water partition coefficient (Wildman–Crippen LogP) is 3.47. The third-order valence-electron chi connectivity index (χ3n) is 3.80. The highest BCUT2D eigenvalue weighted by Crippen LogP contribution is 2.23. The van der Waals surface area contributed by atoms with Gasteiger partial charge in [-0.1, -0.05) is 30.3 Å². The molecule has 2 heterocycles. The van der Waals surface area contributed by atoms with Crippen molar-refractivity contribution in [2.45, 2.75) is 20.3 Å². The Morgan fingerprint density at radius 2 is 1.95 bits per heavy atom. The molecule has 0 saturated heterocycles. The van der Waals surface area contributed by atoms with Crippen molar-refractivity contribution in [3.05, 3.63) is 47.6 Å². The van der Waals surface area contributed by atoms with E-state index < -0.39 is 0 Å². The molecule has 0 unspecified atom stereocenters. The maximum atomic E-state index is 12.3. The topological polar surface area (TPSA) is 37.6 Å². The lowest BCUT2D eigenvalue weighted by atomic mass is 10.2. The predicted molar refractivity (Wildman–Crippen MR) is 90.1 cm³/mol. The molecular formula is C17H19N3OS. The number of nitrogens with zero attached hydrogens (tertiary/aromatic N) is 3. The number of carbonyl (C=O) groups excluding carboxylic acids is 1. The van der Waals surface area contributed by atoms with Crippen molar-refractivity contribution < 1.29 is 4.79 Å². The van der Waals surface area contributed by atoms with E-state index in [-0.39, 0.29) is 5.91 Å². The molecule has 0 bridgehead atoms. The number of rotatable bonds is 5. The number of imidazole rings is 1. The molecule has 5 heteroatoms. The van der Waals surface area contributed by atoms with E-state index >= 15 is 0 Å². The molecule has 4 nitrogen and oxygen atoms in total. The quantitative estimate of drug-likeness (QED) is 0.723. The van der Waals surface area contributed by atoms with Gasteiger partial charge in [0.15, 0.2) is 4.96 Å². The molecular weight excluding hydrogens is 294 g/mol. The number of aromatic nitrogens is 2. The maximum Gasteiger partial charge on any atom is 0.228 e. The number of hydrogen-bond acceptors (Lipinski definition) is 3. The zero-order chi connectivity index (χ0) is 15.5. The first-order chi connectivity index (χ1) is 10.7. The fourth-order valence-electron chi connectivity index (χ4n) is 2.55. The minimum Gasteiger partial charge on any atom is -0.343 e. The van der Waals surface area contributed by atoms with Gasteiger partial charge in [0, 0.05) is 35.9 Å². The van der Waals surface area contributed by atoms with Crippen LogP contribution < -0.4 is 0 Å². The molecule has 0 aliphatic heterocycles. The Morgan fingerprint density at radius 1 is 1.23 bits per heavy atom. The summed E-state index contributed by atoms with van der Waals surface area (Å²) in [7, 11) is 0. The van der Waals surface area contributed by atoms with Crippen LogP contribution in [0.25, 0.3) is 16.2 Å². The normalized spacial score (nSPS) is 11.0. The highest BCUT2D eigenvalue weighted by molar-refractivity contribution is 7.15. The number of thiazole rings is 1. The summed E-state index contributed by atoms with van der Waals surface area (Å²) in [5.41, 5.74) is 3.05. The van der Waals surface area contributed by atoms with Crippen LogP contribution in [-0.4, -0.2) is 33.3 Å². The van der Waals surface area contributed by atoms with Gasteiger partial charge in [0.1, 0.15) is 0 Å². The lowest BCUT2D eigenvalue weighted by Gasteiger charge is -2.18. The van der Waals surface area contributed by atoms with E-state index in [0.29, 0.717) is 6.42 Å². The fraction of sp³-hybridized carbons (Fsp3) is 0.294. The summed E-state index contributed by atoms with van der Waals surface area (Å²) >= 11 is 1.58. The van der Waals surface area contributed by atoms with Crippen LogP contribution in [0.15, 0.2) is 41.9 Å². The Kier molecular flexibility index (Phi) is 4.24. The van der Waals surface area contributed by atoms with Gasteiger partial charge in [-0.25, -0.2) is 4.98 Å². The van der Waals surface area contributed by atoms with Crippen LogP contribution in [0.5, 0.6) is 0 Å². The van der Waals surface area contributed by atoms with E-state index in [1.54, 1.807) is 11.3 Å². The van der Waals surface area contributed by atoms with E-state index in [1.807, 2.05) is 65.1 Å². The number of likely N-dealkylation sites (N-methyl/N-ethyl adjacent to an activating group) is 1. The summed E-state index contributed by atoms with van der Waals surface area (Å²) in [6.07, 6.45) is 2.44. The smallest absolute Gasteiger partial charge is 0.228 e. The monoisotopic (exact) mass is 313 g/mol. The molecule has 0 fully saturated rings. The third kappa shape index (κ3) is 2.76. The summed E-state index contributed by atoms with van der Waals surface area (Å²) in [6.45, 7) is 5.52. The van der Waals surface area contributed by atoms with Gasteiger partial charge in [-0.2, -0.15) is 0 Å². The number of hydrogen-bond donors (Lipinski definition) is 0. The standard InChI is InChI=1S/C17H19N3OS/c1-3-19(4-2)16(21)10-14-12-22-17-18-15(11-20(14)17)13-8-6-5-7-9-13/h5-9,11-12H,3-4,10H2,1-2H3. The minimum absolute atomic E-state index is 0.166. The molecule has 3 aromatic rings. The summed E-state index contributed by atoms with van der Waals surface area (Å²) in [4.78, 5) is 19.7. The number of benzene rings is 1. The number of carbonyl (C=O) groups is 1. The van der Waals surface area contributed by atoms with Gasteiger partial charge >= 0.3 is 0 Å². The average molecular weight is 313 g/mol. The number of fused-ring (bicyclic) bond motifs is 1. The van der Waals surface area contributed by atoms with E-state index in [0.717, 1.165) is 35.0 Å². The van der Waals surface area contributed by atoms with Crippen LogP contribution in [0.3, 0.4) is 0 Å². The van der Waals surface area contributed by atoms with Gasteiger partial charge in [0.2, 0.25) is 5.91 Å². The van der Waals surface area contributed by atoms with Crippen LogP contribution in [-0.2, 0) is 11.2 Å². The molecule has 0 N–H and O–H groups in total. The van der Waals surface area contributed by atoms with E-state index in [1.165, 1.54) is 0 Å². The van der Waals surface area contributed by atoms with Gasteiger partial charge in [-0.05, 0) is 13.8 Å². The first-order valence-corrected chi connectivity index (χ1v) is 8.39. The van der Waals surface area contributed by atoms with Crippen LogP contribution in [0.1, 0.15) is 19.5 Å². The lowest BCUT2D eigenvalue weighted by molar-refractivity contribution is -0.130. The molecule has 1 amide bonds. The zero-order valence-electron chi connectivity index (χ0n) is 12.8. The summed E-state index contributed by atoms with van der Waals surface area (Å²) in [5.74, 6) is 0.166. The third-order valence-corrected chi connectivity index (χ3v) is 4.69. The minimum atomic E-state index is 0.166. The first kappa shape index (κ1) is 14.8. The molecule has 3 rings (SSSR count). The van der Waals surface area contributed by atoms with Crippen LogP contribution in [0.4, 0.5) is 0 Å². The second kappa shape index (κ2) is 6.32. The van der Waals surface area contributed by atoms with Crippen molar-refractivity contribution in [2.75, 3.05) is 13.1 Å². The van der Waals surface area contributed by atoms with Crippen molar-refractivity contribution in [3.63, 3.8) is 0 Å². The molecule has 0 radical (unpaired) electrons. The average Bonchev–Trinajstić information content (AvgIpc) is 3.11. The van der Waals surface area contributed by atoms with Crippen molar-refractivity contribution in [1.82, 2.24) is 14.3 Å². The fourth-order valence-corrected chi connectivity index (χ4v) is 3.42. The van der Waals surface area contributed by atoms with Crippen molar-refractivity contribution in [3.8, 4) is 11.3 Å². The summed E-state index contributed by atoms with van der Waals surface area (Å²) in [5, 5.41) is 2.03. The number of amides is 1. The highest BCUT2D eigenvalue weighted by Gasteiger charge is 2.15. The van der Waals surface area contributed by atoms with E-state index in [4.69, 9.17) is 0 Å². The molecule has 22 heavy (non-hydrogen) atoms. The van der Waals surface area contributed by atoms with E-state index in [9.17, 15) is 4.79 Å². The van der Waals surface area contributed by atoms with Crippen LogP contribution in [0.2, 0.25) is 0 Å². The first-order valence-electron chi connectivity index (χ1n) is 7.51. The van der Waals surface area contributed by atoms with Crippen LogP contribution >= 0.6 is 11.3 Å². The maximum absolute atomic E-state index is 12.3. The Morgan fingerprint density at radius 3 is 2.64 bits per heavy atom. The Bertz CT molecular complexity index is 772. The molecule has 0 atom stereocenters. The second-order valence-electron chi connectivity index (χ2n) is 5.11. The summed E-state index contributed by atoms with van der Waals surface area (Å²) < 4.78 is 2.04. The van der Waals surface area contributed by atoms with E-state index in [2.05, 4.69) is 4.98 Å². The van der Waals surface area contributed by atoms with Gasteiger partial charge in [0.25, 0.3) is 0 Å². The Balaban J connectivity index is 1.89. The molecule has 0 aliphatic carbocycles. The SMILES string of the molecule is CCN(CC)C(=O)Cc1csc2nc(-c3ccccc3)cn12. The van der Waals surface area contributed by atoms with Crippen molar-refractivity contribution >= 4 is 22.2 Å². The molecule has 0 saturated carbocycles. The molecule has 114 valence electrons. The molecule has 2 aromatic heterocycles. The Labute approximate surface area is 134 Å². The molecule has 0 spiro atoms. The van der Waals surface area contributed by atoms with Gasteiger partial charge in [0.05, 0.1) is 12.1 Å².